The molecule has 162 valence electrons. The number of nitrogens with two attached hydrogens (primary N) is 1. The number of carboxylic acids is 3. The molecule has 1 aromatic carbocycles. The van der Waals surface area contributed by atoms with Crippen molar-refractivity contribution in [2.45, 2.75) is 30.0 Å². The molecule has 0 aliphatic carbocycles. The van der Waals surface area contributed by atoms with Gasteiger partial charge < -0.3 is 21.1 Å². The zero-order valence-electron chi connectivity index (χ0n) is 15.9. The number of aliphatic carboxylic acids is 3. The number of thiazole rings is 1. The predicted octanol–water partition coefficient (Wildman–Crippen LogP) is 2.54. The lowest BCUT2D eigenvalue weighted by atomic mass is 9.85. The Bertz CT molecular complexity index is 897. The van der Waals surface area contributed by atoms with Gasteiger partial charge in [-0.15, -0.1) is 11.3 Å². The molecule has 0 aliphatic heterocycles. The lowest BCUT2D eigenvalue weighted by molar-refractivity contribution is -0.147. The van der Waals surface area contributed by atoms with E-state index in [-0.39, 0.29) is 31.4 Å². The summed E-state index contributed by atoms with van der Waals surface area (Å²) in [5.41, 5.74) is 5.85. The molecule has 0 aliphatic rings. The average Bonchev–Trinajstić information content (AvgIpc) is 3.08. The maximum Gasteiger partial charge on any atom is 0.307 e. The molecule has 2 aromatic rings. The summed E-state index contributed by atoms with van der Waals surface area (Å²) in [4.78, 5) is 50.1. The number of carbonyl (C=O) groups excluding carboxylic acids is 1. The molecule has 2 rings (SSSR count). The maximum absolute atomic E-state index is 11.7. The predicted molar refractivity (Wildman–Crippen MR) is 111 cm³/mol. The van der Waals surface area contributed by atoms with Gasteiger partial charge in [-0.3, -0.25) is 19.2 Å². The van der Waals surface area contributed by atoms with Crippen LogP contribution in [0.3, 0.4) is 0 Å². The second-order valence-electron chi connectivity index (χ2n) is 6.84. The second-order valence-corrected chi connectivity index (χ2v) is 9.14. The zero-order chi connectivity index (χ0) is 22.3. The summed E-state index contributed by atoms with van der Waals surface area (Å²) in [6.07, 6.45) is -0.762. The van der Waals surface area contributed by atoms with Gasteiger partial charge in [-0.05, 0) is 31.4 Å². The fourth-order valence-corrected chi connectivity index (χ4v) is 5.16. The van der Waals surface area contributed by atoms with E-state index in [1.165, 1.54) is 23.1 Å². The molecule has 5 N–H and O–H groups in total. The summed E-state index contributed by atoms with van der Waals surface area (Å²) in [6, 6.07) is 7.49. The number of amides is 1. The maximum atomic E-state index is 11.7. The Kier molecular flexibility index (Phi) is 8.60. The van der Waals surface area contributed by atoms with Crippen LogP contribution in [0.5, 0.6) is 0 Å². The Labute approximate surface area is 180 Å². The van der Waals surface area contributed by atoms with Crippen LogP contribution < -0.4 is 5.73 Å². The number of carboxylic acid groups (broad SMARTS) is 3. The summed E-state index contributed by atoms with van der Waals surface area (Å²) in [7, 11) is 0. The van der Waals surface area contributed by atoms with Crippen molar-refractivity contribution in [3.05, 3.63) is 24.3 Å². The molecule has 0 fully saturated rings. The van der Waals surface area contributed by atoms with E-state index in [2.05, 4.69) is 4.98 Å². The summed E-state index contributed by atoms with van der Waals surface area (Å²) >= 11 is 2.65. The van der Waals surface area contributed by atoms with E-state index in [0.29, 0.717) is 4.34 Å². The van der Waals surface area contributed by atoms with Gasteiger partial charge >= 0.3 is 17.9 Å². The molecule has 9 nitrogen and oxygen atoms in total. The van der Waals surface area contributed by atoms with Crippen molar-refractivity contribution in [3.63, 3.8) is 0 Å². The highest BCUT2D eigenvalue weighted by atomic mass is 32.2. The van der Waals surface area contributed by atoms with Crippen LogP contribution in [0.4, 0.5) is 0 Å². The van der Waals surface area contributed by atoms with Gasteiger partial charge in [0.1, 0.15) is 0 Å². The molecular formula is C19H22N2O7S2. The van der Waals surface area contributed by atoms with Crippen molar-refractivity contribution < 1.29 is 34.5 Å². The Balaban J connectivity index is 2.04. The number of benzene rings is 1. The Morgan fingerprint density at radius 1 is 0.967 bits per heavy atom. The topological polar surface area (TPSA) is 168 Å². The first kappa shape index (κ1) is 23.6. The number of primary amides is 1. The standard InChI is InChI=1S/C19H22N2O7S2/c20-15(22)6-5-10(16(23)24)7-11(17(25)26)8-12(18(27)28)9-29-19-21-13-3-1-2-4-14(13)30-19/h1-4,10-12H,5-9H2,(H2,20,22)(H,23,24)(H,25,26)(H,27,28). The fourth-order valence-electron chi connectivity index (χ4n) is 2.97. The molecule has 1 amide bonds. The largest absolute Gasteiger partial charge is 0.481 e. The number of thioether (sulfide) groups is 1. The normalized spacial score (nSPS) is 14.1. The Hall–Kier alpha value is -2.66. The third-order valence-corrected chi connectivity index (χ3v) is 6.95. The van der Waals surface area contributed by atoms with Gasteiger partial charge in [0, 0.05) is 12.2 Å². The highest BCUT2D eigenvalue weighted by Crippen LogP contribution is 2.32. The molecule has 0 radical (unpaired) electrons. The van der Waals surface area contributed by atoms with Gasteiger partial charge in [0.15, 0.2) is 4.34 Å². The minimum Gasteiger partial charge on any atom is -0.481 e. The molecule has 11 heteroatoms. The van der Waals surface area contributed by atoms with E-state index >= 15 is 0 Å². The lowest BCUT2D eigenvalue weighted by Crippen LogP contribution is -2.29. The first-order valence-electron chi connectivity index (χ1n) is 9.12. The third kappa shape index (κ3) is 6.99. The molecule has 1 heterocycles. The summed E-state index contributed by atoms with van der Waals surface area (Å²) in [6.45, 7) is 0. The van der Waals surface area contributed by atoms with Crippen LogP contribution >= 0.6 is 23.1 Å². The van der Waals surface area contributed by atoms with Crippen LogP contribution in [0.1, 0.15) is 25.7 Å². The first-order valence-corrected chi connectivity index (χ1v) is 10.9. The van der Waals surface area contributed by atoms with Gasteiger partial charge in [-0.1, -0.05) is 23.9 Å². The quantitative estimate of drug-likeness (QED) is 0.332. The number of carbonyl (C=O) groups is 4. The molecule has 1 aromatic heterocycles. The van der Waals surface area contributed by atoms with E-state index in [1.54, 1.807) is 0 Å². The monoisotopic (exact) mass is 454 g/mol. The molecule has 3 atom stereocenters. The number of hydrogen-bond acceptors (Lipinski definition) is 7. The highest BCUT2D eigenvalue weighted by molar-refractivity contribution is 8.01. The van der Waals surface area contributed by atoms with Gasteiger partial charge in [-0.2, -0.15) is 0 Å². The van der Waals surface area contributed by atoms with E-state index in [0.717, 1.165) is 10.2 Å². The van der Waals surface area contributed by atoms with E-state index in [1.807, 2.05) is 24.3 Å². The average molecular weight is 455 g/mol. The number of fused-ring (bicyclic) bond motifs is 1. The van der Waals surface area contributed by atoms with Gasteiger partial charge in [0.05, 0.1) is 28.0 Å². The molecule has 0 saturated carbocycles. The third-order valence-electron chi connectivity index (χ3n) is 4.61. The van der Waals surface area contributed by atoms with Crippen LogP contribution in [-0.4, -0.2) is 49.9 Å². The highest BCUT2D eigenvalue weighted by Gasteiger charge is 2.32. The second kappa shape index (κ2) is 10.9. The number of para-hydroxylation sites is 1. The van der Waals surface area contributed by atoms with Crippen molar-refractivity contribution in [2.24, 2.45) is 23.5 Å². The molecule has 30 heavy (non-hydrogen) atoms. The molecule has 0 spiro atoms. The van der Waals surface area contributed by atoms with Crippen LogP contribution in [0.2, 0.25) is 0 Å². The van der Waals surface area contributed by atoms with E-state index in [9.17, 15) is 34.5 Å². The van der Waals surface area contributed by atoms with Gasteiger partial charge in [-0.25, -0.2) is 4.98 Å². The smallest absolute Gasteiger partial charge is 0.307 e. The molecular weight excluding hydrogens is 432 g/mol. The van der Waals surface area contributed by atoms with Crippen molar-refractivity contribution in [1.82, 2.24) is 4.98 Å². The van der Waals surface area contributed by atoms with Crippen molar-refractivity contribution >= 4 is 57.1 Å². The van der Waals surface area contributed by atoms with Crippen LogP contribution in [0.15, 0.2) is 28.6 Å². The van der Waals surface area contributed by atoms with Gasteiger partial charge in [0.2, 0.25) is 5.91 Å². The summed E-state index contributed by atoms with van der Waals surface area (Å²) in [5.74, 6) is -7.48. The Morgan fingerprint density at radius 2 is 1.57 bits per heavy atom. The zero-order valence-corrected chi connectivity index (χ0v) is 17.5. The SMILES string of the molecule is NC(=O)CCC(CC(CC(CSc1nc2ccccc2s1)C(=O)O)C(=O)O)C(=O)O. The van der Waals surface area contributed by atoms with Crippen molar-refractivity contribution in [1.29, 1.82) is 0 Å². The number of nitrogens with zero attached hydrogens (tertiary/aromatic N) is 1. The number of hydrogen-bond donors (Lipinski definition) is 4. The van der Waals surface area contributed by atoms with E-state index < -0.39 is 41.6 Å². The summed E-state index contributed by atoms with van der Waals surface area (Å²) < 4.78 is 1.65. The van der Waals surface area contributed by atoms with E-state index in [4.69, 9.17) is 5.73 Å². The van der Waals surface area contributed by atoms with Crippen LogP contribution in [0, 0.1) is 17.8 Å². The molecule has 0 bridgehead atoms. The van der Waals surface area contributed by atoms with Crippen molar-refractivity contribution in [3.8, 4) is 0 Å². The minimum absolute atomic E-state index is 0.0906. The van der Waals surface area contributed by atoms with Crippen LogP contribution in [-0.2, 0) is 19.2 Å². The number of rotatable bonds is 13. The van der Waals surface area contributed by atoms with Crippen LogP contribution in [0.25, 0.3) is 10.2 Å². The fraction of sp³-hybridized carbons (Fsp3) is 0.421. The summed E-state index contributed by atoms with van der Waals surface area (Å²) in [5, 5.41) is 28.3. The lowest BCUT2D eigenvalue weighted by Gasteiger charge is -2.20. The number of aromatic nitrogens is 1. The first-order chi connectivity index (χ1) is 14.2. The molecule has 3 unspecified atom stereocenters. The minimum atomic E-state index is -1.27. The molecule has 0 saturated heterocycles. The van der Waals surface area contributed by atoms with Crippen molar-refractivity contribution in [2.75, 3.05) is 5.75 Å². The van der Waals surface area contributed by atoms with Gasteiger partial charge in [0.25, 0.3) is 0 Å². The Morgan fingerprint density at radius 3 is 2.13 bits per heavy atom.